The number of carbonyl (C=O) groups is 1. The smallest absolute Gasteiger partial charge is 0.252 e. The molecule has 128 valence electrons. The fraction of sp³-hybridized carbons (Fsp3) is 0.0909. The van der Waals surface area contributed by atoms with Gasteiger partial charge in [-0.2, -0.15) is 0 Å². The van der Waals surface area contributed by atoms with E-state index in [4.69, 9.17) is 0 Å². The highest BCUT2D eigenvalue weighted by Crippen LogP contribution is 2.24. The lowest BCUT2D eigenvalue weighted by Crippen LogP contribution is -2.27. The molecule has 0 saturated heterocycles. The van der Waals surface area contributed by atoms with Crippen LogP contribution in [0.25, 0.3) is 22.3 Å². The van der Waals surface area contributed by atoms with Gasteiger partial charge in [0.15, 0.2) is 0 Å². The first-order chi connectivity index (χ1) is 12.7. The summed E-state index contributed by atoms with van der Waals surface area (Å²) in [6.07, 6.45) is 1.85. The third-order valence-corrected chi connectivity index (χ3v) is 4.48. The number of nitrogens with one attached hydrogen (secondary N) is 2. The molecule has 0 aliphatic heterocycles. The zero-order valence-electron chi connectivity index (χ0n) is 14.4. The maximum Gasteiger partial charge on any atom is 0.252 e. The van der Waals surface area contributed by atoms with E-state index in [0.29, 0.717) is 5.56 Å². The van der Waals surface area contributed by atoms with Crippen molar-refractivity contribution in [2.24, 2.45) is 0 Å². The van der Waals surface area contributed by atoms with Gasteiger partial charge >= 0.3 is 0 Å². The van der Waals surface area contributed by atoms with E-state index in [2.05, 4.69) is 15.3 Å². The third kappa shape index (κ3) is 3.09. The van der Waals surface area contributed by atoms with Crippen molar-refractivity contribution in [3.8, 4) is 11.4 Å². The molecule has 2 N–H and O–H groups in total. The minimum absolute atomic E-state index is 0.0791. The molecule has 2 heterocycles. The number of aromatic nitrogens is 2. The number of para-hydroxylation sites is 1. The lowest BCUT2D eigenvalue weighted by Gasteiger charge is -2.16. The molecule has 4 aromatic rings. The fourth-order valence-corrected chi connectivity index (χ4v) is 3.09. The van der Waals surface area contributed by atoms with Gasteiger partial charge in [-0.3, -0.25) is 4.79 Å². The first kappa shape index (κ1) is 16.1. The van der Waals surface area contributed by atoms with Gasteiger partial charge in [-0.15, -0.1) is 0 Å². The van der Waals surface area contributed by atoms with Crippen molar-refractivity contribution in [3.05, 3.63) is 90.1 Å². The number of hydrogen-bond acceptors (Lipinski definition) is 2. The van der Waals surface area contributed by atoms with Crippen molar-refractivity contribution in [1.82, 2.24) is 15.3 Å². The van der Waals surface area contributed by atoms with E-state index < -0.39 is 0 Å². The molecule has 1 atom stereocenters. The largest absolute Gasteiger partial charge is 0.360 e. The van der Waals surface area contributed by atoms with Crippen molar-refractivity contribution in [2.75, 3.05) is 0 Å². The van der Waals surface area contributed by atoms with E-state index in [1.165, 1.54) is 0 Å². The van der Waals surface area contributed by atoms with E-state index in [9.17, 15) is 4.79 Å². The standard InChI is InChI=1S/C22H19N3O/c1-15(16-8-3-2-4-9-16)24-22(26)18-14-21(20-12-7-13-23-20)25-19-11-6-5-10-17(18)19/h2-15,23H,1H3,(H,24,26). The van der Waals surface area contributed by atoms with Gasteiger partial charge < -0.3 is 10.3 Å². The van der Waals surface area contributed by atoms with Gasteiger partial charge in [0.2, 0.25) is 0 Å². The minimum atomic E-state index is -0.104. The molecule has 2 aromatic heterocycles. The lowest BCUT2D eigenvalue weighted by molar-refractivity contribution is 0.0941. The van der Waals surface area contributed by atoms with Crippen LogP contribution in [0.3, 0.4) is 0 Å². The molecule has 4 heteroatoms. The Morgan fingerprint density at radius 2 is 1.77 bits per heavy atom. The summed E-state index contributed by atoms with van der Waals surface area (Å²) in [4.78, 5) is 20.9. The van der Waals surface area contributed by atoms with Crippen LogP contribution in [-0.4, -0.2) is 15.9 Å². The summed E-state index contributed by atoms with van der Waals surface area (Å²) in [5.41, 5.74) is 4.15. The van der Waals surface area contributed by atoms with Crippen LogP contribution in [0.1, 0.15) is 28.9 Å². The van der Waals surface area contributed by atoms with E-state index in [1.54, 1.807) is 0 Å². The van der Waals surface area contributed by atoms with Crippen LogP contribution in [0, 0.1) is 0 Å². The average Bonchev–Trinajstić information content (AvgIpc) is 3.22. The van der Waals surface area contributed by atoms with Crippen molar-refractivity contribution < 1.29 is 4.79 Å². The van der Waals surface area contributed by atoms with Gasteiger partial charge in [0.05, 0.1) is 28.5 Å². The number of carbonyl (C=O) groups excluding carboxylic acids is 1. The van der Waals surface area contributed by atoms with Crippen molar-refractivity contribution in [3.63, 3.8) is 0 Å². The molecule has 0 radical (unpaired) electrons. The summed E-state index contributed by atoms with van der Waals surface area (Å²) in [5, 5.41) is 3.95. The highest BCUT2D eigenvalue weighted by atomic mass is 16.1. The molecule has 0 bridgehead atoms. The number of rotatable bonds is 4. The predicted molar refractivity (Wildman–Crippen MR) is 104 cm³/mol. The normalized spacial score (nSPS) is 12.0. The van der Waals surface area contributed by atoms with Gasteiger partial charge in [-0.05, 0) is 36.8 Å². The molecule has 0 spiro atoms. The number of pyridine rings is 1. The van der Waals surface area contributed by atoms with Crippen LogP contribution >= 0.6 is 0 Å². The minimum Gasteiger partial charge on any atom is -0.360 e. The molecule has 2 aromatic carbocycles. The van der Waals surface area contributed by atoms with Gasteiger partial charge in [-0.1, -0.05) is 48.5 Å². The Bertz CT molecular complexity index is 1040. The Morgan fingerprint density at radius 3 is 2.54 bits per heavy atom. The van der Waals surface area contributed by atoms with Crippen LogP contribution < -0.4 is 5.32 Å². The van der Waals surface area contributed by atoms with Gasteiger partial charge in [0.1, 0.15) is 0 Å². The van der Waals surface area contributed by atoms with Gasteiger partial charge in [0, 0.05) is 11.6 Å². The van der Waals surface area contributed by atoms with E-state index in [0.717, 1.165) is 27.9 Å². The molecule has 1 amide bonds. The Balaban J connectivity index is 1.73. The Hall–Kier alpha value is -3.40. The summed E-state index contributed by atoms with van der Waals surface area (Å²) in [5.74, 6) is -0.104. The molecule has 1 unspecified atom stereocenters. The highest BCUT2D eigenvalue weighted by Gasteiger charge is 2.16. The lowest BCUT2D eigenvalue weighted by atomic mass is 10.0. The van der Waals surface area contributed by atoms with Crippen LogP contribution in [0.4, 0.5) is 0 Å². The molecular formula is C22H19N3O. The van der Waals surface area contributed by atoms with Crippen LogP contribution in [-0.2, 0) is 0 Å². The maximum atomic E-state index is 13.0. The maximum absolute atomic E-state index is 13.0. The molecular weight excluding hydrogens is 322 g/mol. The zero-order chi connectivity index (χ0) is 17.9. The number of benzene rings is 2. The number of fused-ring (bicyclic) bond motifs is 1. The Morgan fingerprint density at radius 1 is 1.00 bits per heavy atom. The predicted octanol–water partition coefficient (Wildman–Crippen LogP) is 4.72. The van der Waals surface area contributed by atoms with Crippen LogP contribution in [0.2, 0.25) is 0 Å². The number of aromatic amines is 1. The monoisotopic (exact) mass is 341 g/mol. The fourth-order valence-electron chi connectivity index (χ4n) is 3.09. The van der Waals surface area contributed by atoms with E-state index in [1.807, 2.05) is 85.9 Å². The number of amides is 1. The summed E-state index contributed by atoms with van der Waals surface area (Å²) < 4.78 is 0. The highest BCUT2D eigenvalue weighted by molar-refractivity contribution is 6.07. The number of nitrogens with zero attached hydrogens (tertiary/aromatic N) is 1. The van der Waals surface area contributed by atoms with Gasteiger partial charge in [-0.25, -0.2) is 4.98 Å². The first-order valence-corrected chi connectivity index (χ1v) is 8.62. The van der Waals surface area contributed by atoms with E-state index in [-0.39, 0.29) is 11.9 Å². The topological polar surface area (TPSA) is 57.8 Å². The summed E-state index contributed by atoms with van der Waals surface area (Å²) in [7, 11) is 0. The molecule has 0 saturated carbocycles. The molecule has 4 nitrogen and oxygen atoms in total. The van der Waals surface area contributed by atoms with E-state index >= 15 is 0 Å². The van der Waals surface area contributed by atoms with Gasteiger partial charge in [0.25, 0.3) is 5.91 Å². The molecule has 0 aliphatic carbocycles. The number of hydrogen-bond donors (Lipinski definition) is 2. The molecule has 4 rings (SSSR count). The molecule has 26 heavy (non-hydrogen) atoms. The molecule has 0 aliphatic rings. The number of H-pyrrole nitrogens is 1. The quantitative estimate of drug-likeness (QED) is 0.564. The molecule has 0 fully saturated rings. The van der Waals surface area contributed by atoms with Crippen LogP contribution in [0.15, 0.2) is 79.0 Å². The second-order valence-corrected chi connectivity index (χ2v) is 6.26. The zero-order valence-corrected chi connectivity index (χ0v) is 14.4. The summed E-state index contributed by atoms with van der Waals surface area (Å²) in [6.45, 7) is 1.99. The third-order valence-electron chi connectivity index (χ3n) is 4.48. The second kappa shape index (κ2) is 6.84. The Kier molecular flexibility index (Phi) is 4.23. The second-order valence-electron chi connectivity index (χ2n) is 6.26. The first-order valence-electron chi connectivity index (χ1n) is 8.62. The summed E-state index contributed by atoms with van der Waals surface area (Å²) in [6, 6.07) is 23.3. The van der Waals surface area contributed by atoms with Crippen LogP contribution in [0.5, 0.6) is 0 Å². The van der Waals surface area contributed by atoms with Crippen molar-refractivity contribution in [2.45, 2.75) is 13.0 Å². The average molecular weight is 341 g/mol. The SMILES string of the molecule is CC(NC(=O)c1cc(-c2ccc[nH]2)nc2ccccc12)c1ccccc1. The van der Waals surface area contributed by atoms with Crippen molar-refractivity contribution in [1.29, 1.82) is 0 Å². The summed E-state index contributed by atoms with van der Waals surface area (Å²) >= 11 is 0. The van der Waals surface area contributed by atoms with Crippen molar-refractivity contribution >= 4 is 16.8 Å². The Labute approximate surface area is 151 Å².